The van der Waals surface area contributed by atoms with E-state index in [0.717, 1.165) is 16.8 Å². The van der Waals surface area contributed by atoms with Crippen LogP contribution in [0.5, 0.6) is 0 Å². The van der Waals surface area contributed by atoms with Crippen molar-refractivity contribution in [3.05, 3.63) is 82.7 Å². The lowest BCUT2D eigenvalue weighted by molar-refractivity contribution is 0.0950. The van der Waals surface area contributed by atoms with Gasteiger partial charge in [-0.3, -0.25) is 4.79 Å². The highest BCUT2D eigenvalue weighted by molar-refractivity contribution is 5.93. The lowest BCUT2D eigenvalue weighted by Gasteiger charge is -2.10. The lowest BCUT2D eigenvalue weighted by Crippen LogP contribution is -2.23. The Hall–Kier alpha value is -3.21. The van der Waals surface area contributed by atoms with Crippen molar-refractivity contribution in [1.29, 1.82) is 0 Å². The van der Waals surface area contributed by atoms with Crippen LogP contribution in [0.3, 0.4) is 0 Å². The Morgan fingerprint density at radius 1 is 0.962 bits per heavy atom. The Balaban J connectivity index is 1.62. The first-order valence-electron chi connectivity index (χ1n) is 8.52. The third-order valence-electron chi connectivity index (χ3n) is 4.34. The summed E-state index contributed by atoms with van der Waals surface area (Å²) in [6, 6.07) is 14.1. The molecule has 3 rings (SSSR count). The summed E-state index contributed by atoms with van der Waals surface area (Å²) in [5.74, 6) is 0.276. The maximum Gasteiger partial charge on any atom is 0.254 e. The van der Waals surface area contributed by atoms with Crippen LogP contribution in [0.25, 0.3) is 0 Å². The number of amides is 1. The van der Waals surface area contributed by atoms with Crippen LogP contribution in [0.2, 0.25) is 0 Å². The molecule has 1 heterocycles. The van der Waals surface area contributed by atoms with Crippen LogP contribution >= 0.6 is 0 Å². The standard InChI is InChI=1S/C21H22N4O/c1-14-7-9-17(10-8-14)11-22-20(26)18-12-23-21(24-13-18)25-19-6-4-5-15(2)16(19)3/h4-10,12-13H,11H2,1-3H3,(H,22,26)(H,23,24,25). The molecule has 2 N–H and O–H groups in total. The fourth-order valence-corrected chi connectivity index (χ4v) is 2.51. The van der Waals surface area contributed by atoms with Crippen LogP contribution in [0.1, 0.15) is 32.6 Å². The van der Waals surface area contributed by atoms with Crippen LogP contribution in [-0.2, 0) is 6.54 Å². The van der Waals surface area contributed by atoms with Crippen molar-refractivity contribution in [2.45, 2.75) is 27.3 Å². The Labute approximate surface area is 153 Å². The summed E-state index contributed by atoms with van der Waals surface area (Å²) in [5, 5.41) is 6.07. The Morgan fingerprint density at radius 3 is 2.35 bits per heavy atom. The molecule has 3 aromatic rings. The van der Waals surface area contributed by atoms with Crippen molar-refractivity contribution in [1.82, 2.24) is 15.3 Å². The molecular formula is C21H22N4O. The largest absolute Gasteiger partial charge is 0.348 e. The number of rotatable bonds is 5. The summed E-state index contributed by atoms with van der Waals surface area (Å²) < 4.78 is 0. The van der Waals surface area contributed by atoms with Gasteiger partial charge >= 0.3 is 0 Å². The Morgan fingerprint density at radius 2 is 1.65 bits per heavy atom. The number of benzene rings is 2. The van der Waals surface area contributed by atoms with Gasteiger partial charge in [-0.15, -0.1) is 0 Å². The van der Waals surface area contributed by atoms with E-state index in [4.69, 9.17) is 0 Å². The van der Waals surface area contributed by atoms with E-state index in [1.807, 2.05) is 50.2 Å². The molecule has 26 heavy (non-hydrogen) atoms. The van der Waals surface area contributed by atoms with Crippen molar-refractivity contribution in [2.24, 2.45) is 0 Å². The molecule has 5 heteroatoms. The van der Waals surface area contributed by atoms with Crippen LogP contribution in [0.4, 0.5) is 11.6 Å². The number of hydrogen-bond acceptors (Lipinski definition) is 4. The summed E-state index contributed by atoms with van der Waals surface area (Å²) in [6.07, 6.45) is 3.07. The zero-order valence-corrected chi connectivity index (χ0v) is 15.2. The monoisotopic (exact) mass is 346 g/mol. The van der Waals surface area contributed by atoms with Crippen LogP contribution < -0.4 is 10.6 Å². The summed E-state index contributed by atoms with van der Waals surface area (Å²) in [4.78, 5) is 20.7. The van der Waals surface area contributed by atoms with E-state index in [2.05, 4.69) is 33.6 Å². The molecule has 0 aliphatic heterocycles. The number of nitrogens with one attached hydrogen (secondary N) is 2. The van der Waals surface area contributed by atoms with Gasteiger partial charge in [0.2, 0.25) is 5.95 Å². The van der Waals surface area contributed by atoms with E-state index in [1.54, 1.807) is 0 Å². The summed E-state index contributed by atoms with van der Waals surface area (Å²) in [5.41, 5.74) is 5.99. The van der Waals surface area contributed by atoms with Gasteiger partial charge in [-0.2, -0.15) is 0 Å². The number of nitrogens with zero attached hydrogens (tertiary/aromatic N) is 2. The average Bonchev–Trinajstić information content (AvgIpc) is 2.65. The number of carbonyl (C=O) groups excluding carboxylic acids is 1. The maximum absolute atomic E-state index is 12.2. The van der Waals surface area contributed by atoms with E-state index in [1.165, 1.54) is 23.5 Å². The molecule has 0 fully saturated rings. The second-order valence-electron chi connectivity index (χ2n) is 6.34. The highest BCUT2D eigenvalue weighted by atomic mass is 16.1. The highest BCUT2D eigenvalue weighted by Crippen LogP contribution is 2.20. The first-order valence-corrected chi connectivity index (χ1v) is 8.52. The fraction of sp³-hybridized carbons (Fsp3) is 0.190. The first kappa shape index (κ1) is 17.6. The smallest absolute Gasteiger partial charge is 0.254 e. The molecule has 0 radical (unpaired) electrons. The first-order chi connectivity index (χ1) is 12.5. The summed E-state index contributed by atoms with van der Waals surface area (Å²) in [7, 11) is 0. The number of anilines is 2. The van der Waals surface area contributed by atoms with Gasteiger partial charge in [-0.25, -0.2) is 9.97 Å². The summed E-state index contributed by atoms with van der Waals surface area (Å²) >= 11 is 0. The molecule has 132 valence electrons. The molecule has 0 atom stereocenters. The van der Waals surface area contributed by atoms with E-state index in [-0.39, 0.29) is 5.91 Å². The van der Waals surface area contributed by atoms with Crippen molar-refractivity contribution in [3.8, 4) is 0 Å². The molecule has 0 aliphatic carbocycles. The third-order valence-corrected chi connectivity index (χ3v) is 4.34. The molecular weight excluding hydrogens is 324 g/mol. The Kier molecular flexibility index (Phi) is 5.27. The number of carbonyl (C=O) groups is 1. The van der Waals surface area contributed by atoms with Gasteiger partial charge in [0.25, 0.3) is 5.91 Å². The zero-order chi connectivity index (χ0) is 18.5. The van der Waals surface area contributed by atoms with Gasteiger partial charge in [-0.1, -0.05) is 42.0 Å². The van der Waals surface area contributed by atoms with Gasteiger partial charge < -0.3 is 10.6 Å². The molecule has 5 nitrogen and oxygen atoms in total. The number of aromatic nitrogens is 2. The number of hydrogen-bond donors (Lipinski definition) is 2. The van der Waals surface area contributed by atoms with Crippen molar-refractivity contribution < 1.29 is 4.79 Å². The van der Waals surface area contributed by atoms with Crippen molar-refractivity contribution in [3.63, 3.8) is 0 Å². The lowest BCUT2D eigenvalue weighted by atomic mass is 10.1. The van der Waals surface area contributed by atoms with Gasteiger partial charge in [0, 0.05) is 24.6 Å². The van der Waals surface area contributed by atoms with Crippen molar-refractivity contribution in [2.75, 3.05) is 5.32 Å². The second kappa shape index (κ2) is 7.78. The van der Waals surface area contributed by atoms with Crippen LogP contribution in [0.15, 0.2) is 54.9 Å². The molecule has 0 saturated carbocycles. The predicted octanol–water partition coefficient (Wildman–Crippen LogP) is 4.08. The SMILES string of the molecule is Cc1ccc(CNC(=O)c2cnc(Nc3cccc(C)c3C)nc2)cc1. The fourth-order valence-electron chi connectivity index (χ4n) is 2.51. The minimum Gasteiger partial charge on any atom is -0.348 e. The van der Waals surface area contributed by atoms with Gasteiger partial charge in [0.15, 0.2) is 0 Å². The Bertz CT molecular complexity index is 902. The zero-order valence-electron chi connectivity index (χ0n) is 15.2. The van der Waals surface area contributed by atoms with Crippen molar-refractivity contribution >= 4 is 17.5 Å². The minimum absolute atomic E-state index is 0.191. The topological polar surface area (TPSA) is 66.9 Å². The van der Waals surface area contributed by atoms with E-state index >= 15 is 0 Å². The minimum atomic E-state index is -0.191. The molecule has 1 amide bonds. The van der Waals surface area contributed by atoms with Gasteiger partial charge in [-0.05, 0) is 43.5 Å². The number of aryl methyl sites for hydroxylation is 2. The van der Waals surface area contributed by atoms with Gasteiger partial charge in [0.05, 0.1) is 5.56 Å². The maximum atomic E-state index is 12.2. The predicted molar refractivity (Wildman–Crippen MR) is 104 cm³/mol. The van der Waals surface area contributed by atoms with Crippen LogP contribution in [-0.4, -0.2) is 15.9 Å². The third kappa shape index (κ3) is 4.25. The highest BCUT2D eigenvalue weighted by Gasteiger charge is 2.08. The molecule has 1 aromatic heterocycles. The normalized spacial score (nSPS) is 10.4. The van der Waals surface area contributed by atoms with Crippen LogP contribution in [0, 0.1) is 20.8 Å². The average molecular weight is 346 g/mol. The van der Waals surface area contributed by atoms with E-state index in [0.29, 0.717) is 18.1 Å². The summed E-state index contributed by atoms with van der Waals surface area (Å²) in [6.45, 7) is 6.61. The van der Waals surface area contributed by atoms with E-state index < -0.39 is 0 Å². The molecule has 0 bridgehead atoms. The molecule has 0 unspecified atom stereocenters. The molecule has 2 aromatic carbocycles. The molecule has 0 spiro atoms. The quantitative estimate of drug-likeness (QED) is 0.731. The second-order valence-corrected chi connectivity index (χ2v) is 6.34. The van der Waals surface area contributed by atoms with E-state index in [9.17, 15) is 4.79 Å². The molecule has 0 saturated heterocycles. The molecule has 0 aliphatic rings. The van der Waals surface area contributed by atoms with Gasteiger partial charge in [0.1, 0.15) is 0 Å².